The molecular formula is C27H27N3O4. The maximum Gasteiger partial charge on any atom is 0.257 e. The van der Waals surface area contributed by atoms with Crippen LogP contribution in [0.4, 0.5) is 0 Å². The van der Waals surface area contributed by atoms with Crippen molar-refractivity contribution in [3.63, 3.8) is 0 Å². The van der Waals surface area contributed by atoms with E-state index in [1.54, 1.807) is 50.2 Å². The van der Waals surface area contributed by atoms with Gasteiger partial charge in [-0.2, -0.15) is 5.10 Å². The molecule has 0 radical (unpaired) electrons. The molecule has 7 nitrogen and oxygen atoms in total. The van der Waals surface area contributed by atoms with Gasteiger partial charge in [-0.15, -0.1) is 0 Å². The summed E-state index contributed by atoms with van der Waals surface area (Å²) in [6, 6.07) is 22.8. The first-order chi connectivity index (χ1) is 16.5. The number of ether oxygens (including phenoxy) is 3. The van der Waals surface area contributed by atoms with Crippen molar-refractivity contribution < 1.29 is 19.0 Å². The molecule has 0 aliphatic rings. The maximum absolute atomic E-state index is 13.7. The van der Waals surface area contributed by atoms with Crippen molar-refractivity contribution in [2.45, 2.75) is 6.54 Å². The van der Waals surface area contributed by atoms with E-state index in [4.69, 9.17) is 19.3 Å². The summed E-state index contributed by atoms with van der Waals surface area (Å²) in [5.41, 5.74) is 3.51. The Morgan fingerprint density at radius 2 is 1.59 bits per heavy atom. The highest BCUT2D eigenvalue weighted by Gasteiger charge is 2.24. The molecule has 3 aromatic carbocycles. The third-order valence-electron chi connectivity index (χ3n) is 5.58. The van der Waals surface area contributed by atoms with Gasteiger partial charge in [-0.1, -0.05) is 30.3 Å². The highest BCUT2D eigenvalue weighted by atomic mass is 16.5. The molecule has 0 fully saturated rings. The molecule has 4 aromatic rings. The number of hydrogen-bond donors (Lipinski definition) is 0. The molecule has 1 aromatic heterocycles. The van der Waals surface area contributed by atoms with E-state index in [1.165, 1.54) is 0 Å². The number of nitrogens with zero attached hydrogens (tertiary/aromatic N) is 3. The zero-order chi connectivity index (χ0) is 24.1. The Morgan fingerprint density at radius 1 is 0.882 bits per heavy atom. The van der Waals surface area contributed by atoms with Crippen LogP contribution >= 0.6 is 0 Å². The van der Waals surface area contributed by atoms with Gasteiger partial charge in [0.2, 0.25) is 0 Å². The lowest BCUT2D eigenvalue weighted by atomic mass is 10.1. The van der Waals surface area contributed by atoms with Crippen LogP contribution in [0.25, 0.3) is 16.9 Å². The van der Waals surface area contributed by atoms with Crippen LogP contribution in [-0.4, -0.2) is 49.0 Å². The summed E-state index contributed by atoms with van der Waals surface area (Å²) < 4.78 is 18.1. The van der Waals surface area contributed by atoms with Crippen molar-refractivity contribution in [2.24, 2.45) is 0 Å². The molecule has 7 heteroatoms. The monoisotopic (exact) mass is 457 g/mol. The number of rotatable bonds is 8. The van der Waals surface area contributed by atoms with E-state index in [1.807, 2.05) is 66.7 Å². The van der Waals surface area contributed by atoms with Crippen LogP contribution in [0.15, 0.2) is 79.0 Å². The third-order valence-corrected chi connectivity index (χ3v) is 5.58. The second-order valence-electron chi connectivity index (χ2n) is 7.71. The summed E-state index contributed by atoms with van der Waals surface area (Å²) >= 11 is 0. The van der Waals surface area contributed by atoms with Crippen LogP contribution in [0.3, 0.4) is 0 Å². The van der Waals surface area contributed by atoms with Crippen molar-refractivity contribution in [3.05, 3.63) is 90.1 Å². The number of carbonyl (C=O) groups excluding carboxylic acids is 1. The fourth-order valence-electron chi connectivity index (χ4n) is 3.80. The van der Waals surface area contributed by atoms with Crippen molar-refractivity contribution in [2.75, 3.05) is 28.4 Å². The van der Waals surface area contributed by atoms with Crippen molar-refractivity contribution >= 4 is 5.91 Å². The number of amides is 1. The van der Waals surface area contributed by atoms with Crippen molar-refractivity contribution in [1.29, 1.82) is 0 Å². The second-order valence-corrected chi connectivity index (χ2v) is 7.71. The number of hydrogen-bond acceptors (Lipinski definition) is 5. The van der Waals surface area contributed by atoms with Crippen LogP contribution in [0.5, 0.6) is 17.2 Å². The van der Waals surface area contributed by atoms with E-state index >= 15 is 0 Å². The summed E-state index contributed by atoms with van der Waals surface area (Å²) in [4.78, 5) is 15.3. The number of carbonyl (C=O) groups is 1. The summed E-state index contributed by atoms with van der Waals surface area (Å²) in [5.74, 6) is 1.83. The van der Waals surface area contributed by atoms with Crippen molar-refractivity contribution in [3.8, 4) is 34.2 Å². The first-order valence-electron chi connectivity index (χ1n) is 10.8. The van der Waals surface area contributed by atoms with Crippen molar-refractivity contribution in [1.82, 2.24) is 14.7 Å². The van der Waals surface area contributed by atoms with Gasteiger partial charge in [0.1, 0.15) is 22.9 Å². The van der Waals surface area contributed by atoms with Gasteiger partial charge < -0.3 is 19.1 Å². The Bertz CT molecular complexity index is 1280. The molecular weight excluding hydrogens is 430 g/mol. The average Bonchev–Trinajstić information content (AvgIpc) is 3.34. The lowest BCUT2D eigenvalue weighted by molar-refractivity contribution is 0.0785. The molecule has 4 rings (SSSR count). The standard InChI is InChI=1S/C27H27N3O4/c1-29(17-19-14-15-21(32-2)16-25(19)34-4)27(31)23-18-30(20-10-6-5-7-11-20)28-26(23)22-12-8-9-13-24(22)33-3/h5-16,18H,17H2,1-4H3. The molecule has 1 amide bonds. The molecule has 0 aliphatic carbocycles. The normalized spacial score (nSPS) is 10.6. The highest BCUT2D eigenvalue weighted by molar-refractivity contribution is 6.00. The Labute approximate surface area is 199 Å². The summed E-state index contributed by atoms with van der Waals surface area (Å²) in [6.45, 7) is 0.355. The largest absolute Gasteiger partial charge is 0.497 e. The number of methoxy groups -OCH3 is 3. The van der Waals surface area contributed by atoms with Gasteiger partial charge in [0.05, 0.1) is 32.6 Å². The van der Waals surface area contributed by atoms with Crippen LogP contribution < -0.4 is 14.2 Å². The number of benzene rings is 3. The van der Waals surface area contributed by atoms with Crippen LogP contribution in [0.2, 0.25) is 0 Å². The summed E-state index contributed by atoms with van der Waals surface area (Å²) in [7, 11) is 6.58. The first kappa shape index (κ1) is 22.9. The van der Waals surface area contributed by atoms with E-state index in [0.717, 1.165) is 16.8 Å². The van der Waals surface area contributed by atoms with Crippen LogP contribution in [0, 0.1) is 0 Å². The molecule has 0 unspecified atom stereocenters. The minimum absolute atomic E-state index is 0.166. The predicted molar refractivity (Wildman–Crippen MR) is 131 cm³/mol. The zero-order valence-electron chi connectivity index (χ0n) is 19.7. The Morgan fingerprint density at radius 3 is 2.29 bits per heavy atom. The summed E-state index contributed by atoms with van der Waals surface area (Å²) in [6.07, 6.45) is 1.77. The highest BCUT2D eigenvalue weighted by Crippen LogP contribution is 2.33. The van der Waals surface area contributed by atoms with Gasteiger partial charge in [-0.25, -0.2) is 4.68 Å². The fraction of sp³-hybridized carbons (Fsp3) is 0.185. The lowest BCUT2D eigenvalue weighted by Crippen LogP contribution is -2.26. The van der Waals surface area contributed by atoms with E-state index < -0.39 is 0 Å². The van der Waals surface area contributed by atoms with E-state index in [9.17, 15) is 4.79 Å². The lowest BCUT2D eigenvalue weighted by Gasteiger charge is -2.19. The third kappa shape index (κ3) is 4.59. The molecule has 1 heterocycles. The number of aromatic nitrogens is 2. The smallest absolute Gasteiger partial charge is 0.257 e. The maximum atomic E-state index is 13.7. The van der Waals surface area contributed by atoms with E-state index in [-0.39, 0.29) is 5.91 Å². The molecule has 0 saturated heterocycles. The first-order valence-corrected chi connectivity index (χ1v) is 10.8. The van der Waals surface area contributed by atoms with Gasteiger partial charge in [0.15, 0.2) is 0 Å². The quantitative estimate of drug-likeness (QED) is 0.379. The van der Waals surface area contributed by atoms with E-state index in [2.05, 4.69) is 0 Å². The molecule has 0 bridgehead atoms. The molecule has 0 spiro atoms. The number of para-hydroxylation sites is 2. The topological polar surface area (TPSA) is 65.8 Å². The molecule has 34 heavy (non-hydrogen) atoms. The van der Waals surface area contributed by atoms with Gasteiger partial charge >= 0.3 is 0 Å². The van der Waals surface area contributed by atoms with Crippen LogP contribution in [-0.2, 0) is 6.54 Å². The average molecular weight is 458 g/mol. The molecule has 0 N–H and O–H groups in total. The van der Waals surface area contributed by atoms with Crippen LogP contribution in [0.1, 0.15) is 15.9 Å². The minimum Gasteiger partial charge on any atom is -0.497 e. The molecule has 174 valence electrons. The molecule has 0 aliphatic heterocycles. The zero-order valence-corrected chi connectivity index (χ0v) is 19.7. The van der Waals surface area contributed by atoms with Gasteiger partial charge in [-0.3, -0.25) is 4.79 Å². The second kappa shape index (κ2) is 10.1. The Hall–Kier alpha value is -4.26. The predicted octanol–water partition coefficient (Wildman–Crippen LogP) is 4.84. The molecule has 0 saturated carbocycles. The van der Waals surface area contributed by atoms with Gasteiger partial charge in [0, 0.05) is 37.0 Å². The van der Waals surface area contributed by atoms with E-state index in [0.29, 0.717) is 35.1 Å². The minimum atomic E-state index is -0.166. The Kier molecular flexibility index (Phi) is 6.82. The SMILES string of the molecule is COc1ccc(CN(C)C(=O)c2cn(-c3ccccc3)nc2-c2ccccc2OC)c(OC)c1. The molecule has 0 atom stereocenters. The van der Waals surface area contributed by atoms with Gasteiger partial charge in [0.25, 0.3) is 5.91 Å². The fourth-order valence-corrected chi connectivity index (χ4v) is 3.80. The van der Waals surface area contributed by atoms with Gasteiger partial charge in [-0.05, 0) is 36.4 Å². The Balaban J connectivity index is 1.74. The summed E-state index contributed by atoms with van der Waals surface area (Å²) in [5, 5.41) is 4.77.